The van der Waals surface area contributed by atoms with Gasteiger partial charge in [-0.2, -0.15) is 0 Å². The summed E-state index contributed by atoms with van der Waals surface area (Å²) in [5, 5.41) is 0. The molecule has 1 fully saturated rings. The monoisotopic (exact) mass is 158 g/mol. The Morgan fingerprint density at radius 1 is 0.917 bits per heavy atom. The Bertz CT molecular complexity index is 358. The van der Waals surface area contributed by atoms with Crippen LogP contribution < -0.4 is 0 Å². The molecule has 0 aromatic heterocycles. The smallest absolute Gasteiger partial charge is 0.237 e. The summed E-state index contributed by atoms with van der Waals surface area (Å²) in [6.07, 6.45) is 1.62. The number of rotatable bonds is 1. The summed E-state index contributed by atoms with van der Waals surface area (Å²) in [5.74, 6) is -0.697. The lowest BCUT2D eigenvalue weighted by atomic mass is 10.2. The number of carbonyl (C=O) groups excluding carboxylic acids is 2. The van der Waals surface area contributed by atoms with Gasteiger partial charge in [-0.1, -0.05) is 30.3 Å². The molecule has 2 nitrogen and oxygen atoms in total. The molecule has 1 aliphatic carbocycles. The summed E-state index contributed by atoms with van der Waals surface area (Å²) in [6, 6.07) is 9.32. The van der Waals surface area contributed by atoms with Crippen LogP contribution in [0.5, 0.6) is 0 Å². The van der Waals surface area contributed by atoms with E-state index in [1.165, 1.54) is 0 Å². The highest BCUT2D eigenvalue weighted by Crippen LogP contribution is 2.20. The first-order chi connectivity index (χ1) is 5.79. The third-order valence-electron chi connectivity index (χ3n) is 1.74. The number of carbonyl (C=O) groups is 2. The third kappa shape index (κ3) is 1.07. The molecule has 2 heteroatoms. The first-order valence-electron chi connectivity index (χ1n) is 3.65. The van der Waals surface area contributed by atoms with Crippen molar-refractivity contribution in [3.8, 4) is 0 Å². The van der Waals surface area contributed by atoms with Gasteiger partial charge in [0.05, 0.1) is 5.57 Å². The molecule has 1 aromatic rings. The van der Waals surface area contributed by atoms with E-state index in [0.29, 0.717) is 5.57 Å². The van der Waals surface area contributed by atoms with Gasteiger partial charge in [-0.3, -0.25) is 9.59 Å². The molecule has 2 rings (SSSR count). The second kappa shape index (κ2) is 2.41. The van der Waals surface area contributed by atoms with Gasteiger partial charge in [0.2, 0.25) is 11.6 Å². The van der Waals surface area contributed by atoms with Gasteiger partial charge in [0.25, 0.3) is 0 Å². The second-order valence-corrected chi connectivity index (χ2v) is 2.63. The van der Waals surface area contributed by atoms with Crippen molar-refractivity contribution in [2.45, 2.75) is 0 Å². The van der Waals surface area contributed by atoms with E-state index in [0.717, 1.165) is 5.56 Å². The van der Waals surface area contributed by atoms with Gasteiger partial charge in [-0.15, -0.1) is 0 Å². The first-order valence-corrected chi connectivity index (χ1v) is 3.65. The van der Waals surface area contributed by atoms with E-state index in [1.807, 2.05) is 30.3 Å². The van der Waals surface area contributed by atoms with Crippen molar-refractivity contribution in [1.29, 1.82) is 0 Å². The summed E-state index contributed by atoms with van der Waals surface area (Å²) in [7, 11) is 0. The normalized spacial score (nSPS) is 14.8. The molecule has 0 spiro atoms. The Labute approximate surface area is 69.5 Å². The molecule has 0 bridgehead atoms. The van der Waals surface area contributed by atoms with Gasteiger partial charge in [0.1, 0.15) is 0 Å². The molecule has 0 heterocycles. The minimum atomic E-state index is -0.348. The summed E-state index contributed by atoms with van der Waals surface area (Å²) in [5.41, 5.74) is 1.22. The fraction of sp³-hybridized carbons (Fsp3) is 0. The van der Waals surface area contributed by atoms with Crippen LogP contribution in [0.15, 0.2) is 35.9 Å². The Morgan fingerprint density at radius 2 is 1.50 bits per heavy atom. The standard InChI is InChI=1S/C10H6O2/c11-9-8(10(9)12)6-7-4-2-1-3-5-7/h1-6H. The molecule has 1 saturated carbocycles. The molecule has 1 aliphatic rings. The van der Waals surface area contributed by atoms with Crippen molar-refractivity contribution < 1.29 is 9.59 Å². The summed E-state index contributed by atoms with van der Waals surface area (Å²) < 4.78 is 0. The lowest BCUT2D eigenvalue weighted by molar-refractivity contribution is -0.122. The van der Waals surface area contributed by atoms with Crippen LogP contribution in [0.3, 0.4) is 0 Å². The number of hydrogen-bond acceptors (Lipinski definition) is 2. The quantitative estimate of drug-likeness (QED) is 0.350. The van der Waals surface area contributed by atoms with Gasteiger partial charge in [0.15, 0.2) is 0 Å². The highest BCUT2D eigenvalue weighted by molar-refractivity contribution is 6.75. The summed E-state index contributed by atoms with van der Waals surface area (Å²) >= 11 is 0. The highest BCUT2D eigenvalue weighted by Gasteiger charge is 2.40. The Hall–Kier alpha value is -1.70. The molecular formula is C10H6O2. The van der Waals surface area contributed by atoms with Crippen LogP contribution in [0.25, 0.3) is 6.08 Å². The van der Waals surface area contributed by atoms with Crippen molar-refractivity contribution >= 4 is 17.6 Å². The molecule has 0 saturated heterocycles. The zero-order valence-electron chi connectivity index (χ0n) is 6.28. The molecule has 0 radical (unpaired) electrons. The van der Waals surface area contributed by atoms with Crippen molar-refractivity contribution in [2.75, 3.05) is 0 Å². The van der Waals surface area contributed by atoms with E-state index < -0.39 is 0 Å². The Morgan fingerprint density at radius 3 is 2.00 bits per heavy atom. The Kier molecular flexibility index (Phi) is 1.40. The highest BCUT2D eigenvalue weighted by atomic mass is 16.2. The van der Waals surface area contributed by atoms with Gasteiger partial charge < -0.3 is 0 Å². The minimum Gasteiger partial charge on any atom is -0.285 e. The van der Waals surface area contributed by atoms with E-state index in [9.17, 15) is 9.59 Å². The molecule has 0 aliphatic heterocycles. The molecule has 58 valence electrons. The Balaban J connectivity index is 2.31. The predicted octanol–water partition coefficient (Wildman–Crippen LogP) is 1.22. The maximum Gasteiger partial charge on any atom is 0.237 e. The lowest BCUT2D eigenvalue weighted by Crippen LogP contribution is -1.68. The SMILES string of the molecule is O=C1C(=O)C1=Cc1ccccc1. The average molecular weight is 158 g/mol. The number of benzene rings is 1. The van der Waals surface area contributed by atoms with Crippen molar-refractivity contribution in [3.63, 3.8) is 0 Å². The van der Waals surface area contributed by atoms with E-state index in [4.69, 9.17) is 0 Å². The van der Waals surface area contributed by atoms with Crippen molar-refractivity contribution in [2.24, 2.45) is 0 Å². The lowest BCUT2D eigenvalue weighted by Gasteiger charge is -1.86. The second-order valence-electron chi connectivity index (χ2n) is 2.63. The van der Waals surface area contributed by atoms with Crippen LogP contribution in [-0.4, -0.2) is 11.6 Å². The average Bonchev–Trinajstić information content (AvgIpc) is 2.65. The zero-order chi connectivity index (χ0) is 8.55. The fourth-order valence-corrected chi connectivity index (χ4v) is 1.01. The first kappa shape index (κ1) is 6.98. The number of Topliss-reactive ketones (excluding diaryl/α,β-unsaturated/α-hetero) is 2. The maximum atomic E-state index is 10.6. The van der Waals surface area contributed by atoms with Crippen molar-refractivity contribution in [1.82, 2.24) is 0 Å². The fourth-order valence-electron chi connectivity index (χ4n) is 1.01. The molecule has 0 N–H and O–H groups in total. The number of hydrogen-bond donors (Lipinski definition) is 0. The van der Waals surface area contributed by atoms with Crippen LogP contribution in [0.1, 0.15) is 5.56 Å². The summed E-state index contributed by atoms with van der Waals surface area (Å²) in [4.78, 5) is 21.2. The van der Waals surface area contributed by atoms with Gasteiger partial charge in [-0.25, -0.2) is 0 Å². The van der Waals surface area contributed by atoms with Gasteiger partial charge in [-0.05, 0) is 11.6 Å². The van der Waals surface area contributed by atoms with Crippen LogP contribution in [0.2, 0.25) is 0 Å². The number of allylic oxidation sites excluding steroid dienone is 1. The van der Waals surface area contributed by atoms with Crippen LogP contribution in [-0.2, 0) is 9.59 Å². The molecule has 1 aromatic carbocycles. The zero-order valence-corrected chi connectivity index (χ0v) is 6.28. The van der Waals surface area contributed by atoms with Crippen LogP contribution in [0.4, 0.5) is 0 Å². The number of ketones is 2. The molecule has 0 amide bonds. The van der Waals surface area contributed by atoms with Crippen LogP contribution >= 0.6 is 0 Å². The molecular weight excluding hydrogens is 152 g/mol. The van der Waals surface area contributed by atoms with E-state index in [1.54, 1.807) is 6.08 Å². The largest absolute Gasteiger partial charge is 0.285 e. The van der Waals surface area contributed by atoms with Crippen LogP contribution in [0, 0.1) is 0 Å². The molecule has 0 atom stereocenters. The third-order valence-corrected chi connectivity index (χ3v) is 1.74. The van der Waals surface area contributed by atoms with E-state index in [2.05, 4.69) is 0 Å². The van der Waals surface area contributed by atoms with Crippen molar-refractivity contribution in [3.05, 3.63) is 41.5 Å². The van der Waals surface area contributed by atoms with E-state index in [-0.39, 0.29) is 11.6 Å². The van der Waals surface area contributed by atoms with Gasteiger partial charge in [0, 0.05) is 0 Å². The maximum absolute atomic E-state index is 10.6. The predicted molar refractivity (Wildman–Crippen MR) is 44.4 cm³/mol. The topological polar surface area (TPSA) is 34.1 Å². The van der Waals surface area contributed by atoms with E-state index >= 15 is 0 Å². The summed E-state index contributed by atoms with van der Waals surface area (Å²) in [6.45, 7) is 0. The van der Waals surface area contributed by atoms with Gasteiger partial charge >= 0.3 is 0 Å². The molecule has 0 unspecified atom stereocenters. The minimum absolute atomic E-state index is 0.321. The molecule has 12 heavy (non-hydrogen) atoms.